The second kappa shape index (κ2) is 8.01. The molecule has 0 fully saturated rings. The van der Waals surface area contributed by atoms with Crippen molar-refractivity contribution in [2.24, 2.45) is 5.73 Å². The highest BCUT2D eigenvalue weighted by molar-refractivity contribution is 5.84. The van der Waals surface area contributed by atoms with Crippen LogP contribution in [0.3, 0.4) is 0 Å². The number of ether oxygens (including phenoxy) is 1. The highest BCUT2D eigenvalue weighted by atomic mass is 16.5. The largest absolute Gasteiger partial charge is 0.366 e. The minimum Gasteiger partial charge on any atom is -0.366 e. The molecule has 0 heterocycles. The first kappa shape index (κ1) is 14.8. The summed E-state index contributed by atoms with van der Waals surface area (Å²) >= 11 is 0. The molecule has 5 nitrogen and oxygen atoms in total. The number of ketones is 1. The van der Waals surface area contributed by atoms with E-state index in [1.165, 1.54) is 14.0 Å². The van der Waals surface area contributed by atoms with Crippen LogP contribution in [0.15, 0.2) is 12.2 Å². The van der Waals surface area contributed by atoms with Crippen LogP contribution in [0, 0.1) is 0 Å². The molecule has 3 N–H and O–H groups in total. The van der Waals surface area contributed by atoms with Crippen molar-refractivity contribution in [2.75, 3.05) is 13.7 Å². The van der Waals surface area contributed by atoms with Crippen LogP contribution in [-0.4, -0.2) is 31.6 Å². The number of rotatable bonds is 8. The molecule has 5 heteroatoms. The number of nitrogens with one attached hydrogen (secondary N) is 1. The number of methoxy groups -OCH3 is 1. The Morgan fingerprint density at radius 3 is 2.56 bits per heavy atom. The first-order chi connectivity index (χ1) is 7.45. The number of hydrogen-bond acceptors (Lipinski definition) is 4. The SMILES string of the molecule is C=C(CCC(=O)NCC(C)=O)CC(N)OC. The molecule has 92 valence electrons. The highest BCUT2D eigenvalue weighted by Gasteiger charge is 2.06. The summed E-state index contributed by atoms with van der Waals surface area (Å²) in [6.07, 6.45) is 1.05. The molecule has 0 aliphatic heterocycles. The summed E-state index contributed by atoms with van der Waals surface area (Å²) in [7, 11) is 1.53. The van der Waals surface area contributed by atoms with E-state index in [0.717, 1.165) is 5.57 Å². The van der Waals surface area contributed by atoms with Crippen LogP contribution >= 0.6 is 0 Å². The molecule has 0 bridgehead atoms. The summed E-state index contributed by atoms with van der Waals surface area (Å²) in [4.78, 5) is 21.8. The van der Waals surface area contributed by atoms with Crippen molar-refractivity contribution in [1.29, 1.82) is 0 Å². The van der Waals surface area contributed by atoms with E-state index in [1.807, 2.05) is 0 Å². The lowest BCUT2D eigenvalue weighted by Crippen LogP contribution is -2.28. The Morgan fingerprint density at radius 2 is 2.06 bits per heavy atom. The lowest BCUT2D eigenvalue weighted by Gasteiger charge is -2.11. The number of carbonyl (C=O) groups excluding carboxylic acids is 2. The van der Waals surface area contributed by atoms with E-state index in [-0.39, 0.29) is 24.5 Å². The van der Waals surface area contributed by atoms with Crippen molar-refractivity contribution in [2.45, 2.75) is 32.4 Å². The predicted octanol–water partition coefficient (Wildman–Crippen LogP) is 0.349. The average molecular weight is 228 g/mol. The number of nitrogens with two attached hydrogens (primary N) is 1. The van der Waals surface area contributed by atoms with Crippen molar-refractivity contribution < 1.29 is 14.3 Å². The van der Waals surface area contributed by atoms with Gasteiger partial charge < -0.3 is 15.8 Å². The van der Waals surface area contributed by atoms with E-state index in [2.05, 4.69) is 11.9 Å². The van der Waals surface area contributed by atoms with Gasteiger partial charge in [-0.05, 0) is 13.3 Å². The topological polar surface area (TPSA) is 81.4 Å². The summed E-state index contributed by atoms with van der Waals surface area (Å²) in [6.45, 7) is 5.32. The molecule has 0 rings (SSSR count). The van der Waals surface area contributed by atoms with Gasteiger partial charge >= 0.3 is 0 Å². The van der Waals surface area contributed by atoms with Crippen molar-refractivity contribution in [3.05, 3.63) is 12.2 Å². The Bertz CT molecular complexity index is 264. The third kappa shape index (κ3) is 8.14. The van der Waals surface area contributed by atoms with Crippen LogP contribution in [0.1, 0.15) is 26.2 Å². The number of Topliss-reactive ketones (excluding diaryl/α,β-unsaturated/α-hetero) is 1. The van der Waals surface area contributed by atoms with Gasteiger partial charge in [0.15, 0.2) is 0 Å². The predicted molar refractivity (Wildman–Crippen MR) is 61.7 cm³/mol. The van der Waals surface area contributed by atoms with Crippen molar-refractivity contribution in [1.82, 2.24) is 5.32 Å². The summed E-state index contributed by atoms with van der Waals surface area (Å²) in [5.74, 6) is -0.212. The van der Waals surface area contributed by atoms with Crippen LogP contribution in [-0.2, 0) is 14.3 Å². The summed E-state index contributed by atoms with van der Waals surface area (Å²) in [5, 5.41) is 2.51. The lowest BCUT2D eigenvalue weighted by molar-refractivity contribution is -0.124. The summed E-state index contributed by atoms with van der Waals surface area (Å²) < 4.78 is 4.88. The van der Waals surface area contributed by atoms with E-state index in [9.17, 15) is 9.59 Å². The van der Waals surface area contributed by atoms with Gasteiger partial charge in [-0.2, -0.15) is 0 Å². The molecule has 1 amide bonds. The number of amides is 1. The minimum absolute atomic E-state index is 0.0615. The quantitative estimate of drug-likeness (QED) is 0.464. The van der Waals surface area contributed by atoms with Gasteiger partial charge in [0.25, 0.3) is 0 Å². The lowest BCUT2D eigenvalue weighted by atomic mass is 10.1. The number of hydrogen-bond donors (Lipinski definition) is 2. The van der Waals surface area contributed by atoms with Gasteiger partial charge in [0.05, 0.1) is 6.54 Å². The van der Waals surface area contributed by atoms with Gasteiger partial charge in [-0.25, -0.2) is 0 Å². The first-order valence-electron chi connectivity index (χ1n) is 5.17. The van der Waals surface area contributed by atoms with Crippen LogP contribution in [0.5, 0.6) is 0 Å². The molecular formula is C11H20N2O3. The fraction of sp³-hybridized carbons (Fsp3) is 0.636. The molecule has 0 aromatic heterocycles. The maximum atomic E-state index is 11.2. The van der Waals surface area contributed by atoms with E-state index < -0.39 is 0 Å². The second-order valence-electron chi connectivity index (χ2n) is 3.71. The molecule has 0 radical (unpaired) electrons. The maximum Gasteiger partial charge on any atom is 0.220 e. The van der Waals surface area contributed by atoms with E-state index in [0.29, 0.717) is 19.3 Å². The smallest absolute Gasteiger partial charge is 0.220 e. The normalized spacial score (nSPS) is 11.9. The van der Waals surface area contributed by atoms with Gasteiger partial charge in [-0.15, -0.1) is 0 Å². The van der Waals surface area contributed by atoms with Gasteiger partial charge in [0.2, 0.25) is 5.91 Å². The Morgan fingerprint density at radius 1 is 1.44 bits per heavy atom. The number of carbonyl (C=O) groups is 2. The molecular weight excluding hydrogens is 208 g/mol. The summed E-state index contributed by atoms with van der Waals surface area (Å²) in [5.41, 5.74) is 6.42. The van der Waals surface area contributed by atoms with Gasteiger partial charge in [-0.1, -0.05) is 12.2 Å². The fourth-order valence-corrected chi connectivity index (χ4v) is 1.07. The third-order valence-corrected chi connectivity index (χ3v) is 2.03. The van der Waals surface area contributed by atoms with Crippen molar-refractivity contribution in [3.8, 4) is 0 Å². The minimum atomic E-state index is -0.368. The Balaban J connectivity index is 3.67. The van der Waals surface area contributed by atoms with Crippen LogP contribution < -0.4 is 11.1 Å². The highest BCUT2D eigenvalue weighted by Crippen LogP contribution is 2.09. The van der Waals surface area contributed by atoms with Gasteiger partial charge in [-0.3, -0.25) is 9.59 Å². The standard InChI is InChI=1S/C11H20N2O3/c1-8(6-10(12)16-3)4-5-11(15)13-7-9(2)14/h10H,1,4-7,12H2,2-3H3,(H,13,15). The second-order valence-corrected chi connectivity index (χ2v) is 3.71. The molecule has 0 saturated carbocycles. The van der Waals surface area contributed by atoms with Crippen molar-refractivity contribution >= 4 is 11.7 Å². The first-order valence-corrected chi connectivity index (χ1v) is 5.17. The van der Waals surface area contributed by atoms with Gasteiger partial charge in [0.1, 0.15) is 12.0 Å². The van der Waals surface area contributed by atoms with E-state index in [1.54, 1.807) is 0 Å². The van der Waals surface area contributed by atoms with Crippen LogP contribution in [0.4, 0.5) is 0 Å². The average Bonchev–Trinajstić information content (AvgIpc) is 2.23. The third-order valence-electron chi connectivity index (χ3n) is 2.03. The molecule has 0 aliphatic rings. The van der Waals surface area contributed by atoms with Crippen molar-refractivity contribution in [3.63, 3.8) is 0 Å². The maximum absolute atomic E-state index is 11.2. The molecule has 1 unspecified atom stereocenters. The molecule has 0 saturated heterocycles. The van der Waals surface area contributed by atoms with Gasteiger partial charge in [0, 0.05) is 20.0 Å². The zero-order valence-corrected chi connectivity index (χ0v) is 9.91. The fourth-order valence-electron chi connectivity index (χ4n) is 1.07. The Hall–Kier alpha value is -1.20. The van der Waals surface area contributed by atoms with Crippen LogP contribution in [0.25, 0.3) is 0 Å². The Labute approximate surface area is 96.0 Å². The molecule has 0 spiro atoms. The molecule has 16 heavy (non-hydrogen) atoms. The molecule has 0 aromatic rings. The van der Waals surface area contributed by atoms with Crippen LogP contribution in [0.2, 0.25) is 0 Å². The van der Waals surface area contributed by atoms with E-state index >= 15 is 0 Å². The monoisotopic (exact) mass is 228 g/mol. The Kier molecular flexibility index (Phi) is 7.41. The zero-order chi connectivity index (χ0) is 12.6. The molecule has 0 aromatic carbocycles. The molecule has 1 atom stereocenters. The van der Waals surface area contributed by atoms with E-state index in [4.69, 9.17) is 10.5 Å². The molecule has 0 aliphatic carbocycles. The summed E-state index contributed by atoms with van der Waals surface area (Å²) in [6, 6.07) is 0. The zero-order valence-electron chi connectivity index (χ0n) is 9.91.